The van der Waals surface area contributed by atoms with Crippen molar-refractivity contribution in [2.75, 3.05) is 18.0 Å². The molecule has 0 aliphatic carbocycles. The van der Waals surface area contributed by atoms with Crippen LogP contribution in [0, 0.1) is 16.0 Å². The molecule has 0 saturated carbocycles. The number of nitro benzene ring substituents is 1. The molecule has 1 atom stereocenters. The zero-order valence-electron chi connectivity index (χ0n) is 14.9. The second-order valence-corrected chi connectivity index (χ2v) is 6.51. The zero-order valence-corrected chi connectivity index (χ0v) is 14.9. The average Bonchev–Trinajstić information content (AvgIpc) is 2.79. The minimum atomic E-state index is -0.422. The van der Waals surface area contributed by atoms with Crippen LogP contribution in [-0.4, -0.2) is 29.6 Å². The van der Waals surface area contributed by atoms with Gasteiger partial charge in [0.15, 0.2) is 0 Å². The highest BCUT2D eigenvalue weighted by atomic mass is 16.6. The molecule has 3 rings (SSSR count). The van der Waals surface area contributed by atoms with Gasteiger partial charge in [0, 0.05) is 29.8 Å². The van der Waals surface area contributed by atoms with Crippen molar-refractivity contribution in [1.29, 1.82) is 0 Å². The van der Waals surface area contributed by atoms with Crippen molar-refractivity contribution in [1.82, 2.24) is 0 Å². The van der Waals surface area contributed by atoms with Gasteiger partial charge in [0.1, 0.15) is 6.54 Å². The number of fused-ring (bicyclic) bond motifs is 1. The normalized spacial score (nSPS) is 15.1. The number of rotatable bonds is 5. The van der Waals surface area contributed by atoms with Gasteiger partial charge in [0.25, 0.3) is 5.69 Å². The molecule has 0 saturated heterocycles. The van der Waals surface area contributed by atoms with Crippen molar-refractivity contribution < 1.29 is 9.72 Å². The third-order valence-corrected chi connectivity index (χ3v) is 4.65. The molecule has 134 valence electrons. The van der Waals surface area contributed by atoms with E-state index in [9.17, 15) is 14.9 Å². The number of benzene rings is 2. The highest BCUT2D eigenvalue weighted by Crippen LogP contribution is 2.31. The third-order valence-electron chi connectivity index (χ3n) is 4.65. The fourth-order valence-corrected chi connectivity index (χ4v) is 3.00. The van der Waals surface area contributed by atoms with Crippen molar-refractivity contribution >= 4 is 23.0 Å². The molecule has 0 radical (unpaired) electrons. The van der Waals surface area contributed by atoms with Crippen LogP contribution in [0.4, 0.5) is 11.4 Å². The monoisotopic (exact) mass is 351 g/mol. The number of non-ortho nitro benzene ring substituents is 1. The van der Waals surface area contributed by atoms with Crippen LogP contribution >= 0.6 is 0 Å². The summed E-state index contributed by atoms with van der Waals surface area (Å²) < 4.78 is 0. The minimum Gasteiger partial charge on any atom is -0.310 e. The molecule has 2 aromatic rings. The van der Waals surface area contributed by atoms with Gasteiger partial charge in [-0.15, -0.1) is 0 Å². The van der Waals surface area contributed by atoms with E-state index in [0.717, 1.165) is 12.0 Å². The van der Waals surface area contributed by atoms with Gasteiger partial charge in [-0.3, -0.25) is 19.9 Å². The molecule has 1 unspecified atom stereocenters. The summed E-state index contributed by atoms with van der Waals surface area (Å²) in [5.74, 6) is 0.228. The lowest BCUT2D eigenvalue weighted by Crippen LogP contribution is -2.36. The summed E-state index contributed by atoms with van der Waals surface area (Å²) in [6.45, 7) is 4.76. The predicted molar refractivity (Wildman–Crippen MR) is 102 cm³/mol. The molecule has 1 heterocycles. The summed E-state index contributed by atoms with van der Waals surface area (Å²) >= 11 is 0. The molecule has 26 heavy (non-hydrogen) atoms. The van der Waals surface area contributed by atoms with E-state index in [1.165, 1.54) is 12.1 Å². The van der Waals surface area contributed by atoms with Crippen LogP contribution in [0.1, 0.15) is 31.4 Å². The summed E-state index contributed by atoms with van der Waals surface area (Å²) in [4.78, 5) is 29.8. The van der Waals surface area contributed by atoms with Gasteiger partial charge >= 0.3 is 0 Å². The van der Waals surface area contributed by atoms with Gasteiger partial charge < -0.3 is 4.90 Å². The summed E-state index contributed by atoms with van der Waals surface area (Å²) in [5.41, 5.74) is 2.75. The first kappa shape index (κ1) is 17.8. The van der Waals surface area contributed by atoms with E-state index in [1.54, 1.807) is 11.0 Å². The topological polar surface area (TPSA) is 75.8 Å². The number of carbonyl (C=O) groups excluding carboxylic acids is 1. The summed E-state index contributed by atoms with van der Waals surface area (Å²) in [5, 5.41) is 11.3. The van der Waals surface area contributed by atoms with Crippen molar-refractivity contribution in [3.05, 3.63) is 69.8 Å². The molecule has 1 aliphatic rings. The molecule has 0 fully saturated rings. The number of anilines is 1. The Kier molecular flexibility index (Phi) is 5.11. The Bertz CT molecular complexity index is 862. The van der Waals surface area contributed by atoms with E-state index in [0.29, 0.717) is 29.4 Å². The van der Waals surface area contributed by atoms with Gasteiger partial charge in [-0.25, -0.2) is 0 Å². The van der Waals surface area contributed by atoms with Crippen LogP contribution in [0.5, 0.6) is 0 Å². The quantitative estimate of drug-likeness (QED) is 0.607. The van der Waals surface area contributed by atoms with Crippen molar-refractivity contribution in [3.63, 3.8) is 0 Å². The summed E-state index contributed by atoms with van der Waals surface area (Å²) in [7, 11) is 0. The number of nitro groups is 1. The van der Waals surface area contributed by atoms with Gasteiger partial charge in [-0.2, -0.15) is 0 Å². The molecule has 0 N–H and O–H groups in total. The molecule has 0 bridgehead atoms. The second-order valence-electron chi connectivity index (χ2n) is 6.51. The molecule has 1 aliphatic heterocycles. The smallest absolute Gasteiger partial charge is 0.270 e. The molecule has 1 amide bonds. The largest absolute Gasteiger partial charge is 0.310 e. The molecule has 0 spiro atoms. The Morgan fingerprint density at radius 3 is 2.62 bits per heavy atom. The van der Waals surface area contributed by atoms with E-state index in [1.807, 2.05) is 30.3 Å². The SMILES string of the molecule is CCC(C)CN1C(=O)CN=C(c2ccccc2)c2cc([N+](=O)[O-])ccc21. The van der Waals surface area contributed by atoms with Crippen LogP contribution in [0.2, 0.25) is 0 Å². The van der Waals surface area contributed by atoms with Crippen LogP contribution in [-0.2, 0) is 4.79 Å². The molecule has 0 aromatic heterocycles. The van der Waals surface area contributed by atoms with Gasteiger partial charge in [0.2, 0.25) is 5.91 Å². The standard InChI is InChI=1S/C20H21N3O3/c1-3-14(2)13-22-18-10-9-16(23(25)26)11-17(18)20(21-12-19(22)24)15-7-5-4-6-8-15/h4-11,14H,3,12-13H2,1-2H3. The first-order chi connectivity index (χ1) is 12.5. The molecule has 2 aromatic carbocycles. The maximum Gasteiger partial charge on any atom is 0.270 e. The summed E-state index contributed by atoms with van der Waals surface area (Å²) in [6, 6.07) is 14.1. The molecular formula is C20H21N3O3. The lowest BCUT2D eigenvalue weighted by Gasteiger charge is -2.25. The minimum absolute atomic E-state index is 0.00906. The van der Waals surface area contributed by atoms with Gasteiger partial charge in [-0.1, -0.05) is 50.6 Å². The van der Waals surface area contributed by atoms with Crippen LogP contribution in [0.3, 0.4) is 0 Å². The number of aliphatic imine (C=N–C) groups is 1. The highest BCUT2D eigenvalue weighted by Gasteiger charge is 2.27. The lowest BCUT2D eigenvalue weighted by molar-refractivity contribution is -0.384. The van der Waals surface area contributed by atoms with Crippen LogP contribution in [0.15, 0.2) is 53.5 Å². The van der Waals surface area contributed by atoms with E-state index < -0.39 is 4.92 Å². The highest BCUT2D eigenvalue weighted by molar-refractivity contribution is 6.19. The number of nitrogens with zero attached hydrogens (tertiary/aromatic N) is 3. The van der Waals surface area contributed by atoms with Gasteiger partial charge in [0.05, 0.1) is 16.3 Å². The number of hydrogen-bond donors (Lipinski definition) is 0. The average molecular weight is 351 g/mol. The Balaban J connectivity index is 2.17. The lowest BCUT2D eigenvalue weighted by atomic mass is 9.99. The summed E-state index contributed by atoms with van der Waals surface area (Å²) in [6.07, 6.45) is 0.943. The third kappa shape index (κ3) is 3.49. The van der Waals surface area contributed by atoms with Crippen molar-refractivity contribution in [2.24, 2.45) is 10.9 Å². The Labute approximate surface area is 152 Å². The fourth-order valence-electron chi connectivity index (χ4n) is 3.00. The molecule has 6 heteroatoms. The molecule has 6 nitrogen and oxygen atoms in total. The Morgan fingerprint density at radius 1 is 1.23 bits per heavy atom. The predicted octanol–water partition coefficient (Wildman–Crippen LogP) is 3.82. The number of benzodiazepines with no additional fused rings is 1. The first-order valence-electron chi connectivity index (χ1n) is 8.70. The van der Waals surface area contributed by atoms with Crippen LogP contribution in [0.25, 0.3) is 0 Å². The maximum absolute atomic E-state index is 12.7. The van der Waals surface area contributed by atoms with E-state index in [2.05, 4.69) is 18.8 Å². The fraction of sp³-hybridized carbons (Fsp3) is 0.300. The second kappa shape index (κ2) is 7.47. The van der Waals surface area contributed by atoms with E-state index in [-0.39, 0.29) is 18.1 Å². The van der Waals surface area contributed by atoms with E-state index >= 15 is 0 Å². The van der Waals surface area contributed by atoms with Crippen LogP contribution < -0.4 is 4.90 Å². The zero-order chi connectivity index (χ0) is 18.7. The maximum atomic E-state index is 12.7. The number of hydrogen-bond acceptors (Lipinski definition) is 4. The number of carbonyl (C=O) groups is 1. The Morgan fingerprint density at radius 2 is 1.96 bits per heavy atom. The van der Waals surface area contributed by atoms with E-state index in [4.69, 9.17) is 0 Å². The van der Waals surface area contributed by atoms with Gasteiger partial charge in [-0.05, 0) is 12.0 Å². The first-order valence-corrected chi connectivity index (χ1v) is 8.70. The number of amides is 1. The molecular weight excluding hydrogens is 330 g/mol. The van der Waals surface area contributed by atoms with Crippen molar-refractivity contribution in [3.8, 4) is 0 Å². The van der Waals surface area contributed by atoms with Crippen molar-refractivity contribution in [2.45, 2.75) is 20.3 Å². The Hall–Kier alpha value is -3.02.